The Hall–Kier alpha value is -2.77. The highest BCUT2D eigenvalue weighted by molar-refractivity contribution is 6.04. The smallest absolute Gasteiger partial charge is 0.255 e. The molecule has 3 N–H and O–H groups in total. The molecule has 2 heterocycles. The maximum atomic E-state index is 12.6. The van der Waals surface area contributed by atoms with E-state index in [1.807, 2.05) is 18.7 Å². The van der Waals surface area contributed by atoms with Gasteiger partial charge in [0.25, 0.3) is 5.91 Å². The normalized spacial score (nSPS) is 20.5. The van der Waals surface area contributed by atoms with Gasteiger partial charge in [0, 0.05) is 49.2 Å². The maximum Gasteiger partial charge on any atom is 0.255 e. The Morgan fingerprint density at radius 2 is 1.75 bits per heavy atom. The predicted octanol–water partition coefficient (Wildman–Crippen LogP) is 2.36. The SMILES string of the molecule is CC1CN(C(=O)CC(N)c2ccc(C(=O)Nc3ccncc3)cc2)CC(C)O1. The molecular weight excluding hydrogens is 356 g/mol. The lowest BCUT2D eigenvalue weighted by Crippen LogP contribution is -2.48. The topological polar surface area (TPSA) is 97.5 Å². The van der Waals surface area contributed by atoms with Crippen molar-refractivity contribution < 1.29 is 14.3 Å². The van der Waals surface area contributed by atoms with Crippen molar-refractivity contribution in [2.75, 3.05) is 18.4 Å². The molecule has 7 heteroatoms. The van der Waals surface area contributed by atoms with Crippen molar-refractivity contribution in [2.45, 2.75) is 38.5 Å². The van der Waals surface area contributed by atoms with E-state index in [0.717, 1.165) is 5.56 Å². The van der Waals surface area contributed by atoms with Gasteiger partial charge >= 0.3 is 0 Å². The van der Waals surface area contributed by atoms with Gasteiger partial charge in [0.2, 0.25) is 5.91 Å². The van der Waals surface area contributed by atoms with Crippen LogP contribution in [0.5, 0.6) is 0 Å². The van der Waals surface area contributed by atoms with Gasteiger partial charge in [0.1, 0.15) is 0 Å². The summed E-state index contributed by atoms with van der Waals surface area (Å²) in [6.07, 6.45) is 3.52. The predicted molar refractivity (Wildman–Crippen MR) is 107 cm³/mol. The van der Waals surface area contributed by atoms with Crippen LogP contribution in [0, 0.1) is 0 Å². The number of morpholine rings is 1. The molecule has 0 radical (unpaired) electrons. The van der Waals surface area contributed by atoms with Crippen LogP contribution >= 0.6 is 0 Å². The van der Waals surface area contributed by atoms with E-state index in [2.05, 4.69) is 10.3 Å². The molecule has 148 valence electrons. The molecule has 1 aromatic carbocycles. The van der Waals surface area contributed by atoms with E-state index in [0.29, 0.717) is 24.3 Å². The van der Waals surface area contributed by atoms with Gasteiger partial charge in [-0.05, 0) is 43.7 Å². The number of pyridine rings is 1. The van der Waals surface area contributed by atoms with Gasteiger partial charge in [-0.2, -0.15) is 0 Å². The minimum absolute atomic E-state index is 0.0222. The average Bonchev–Trinajstić information content (AvgIpc) is 2.68. The molecule has 0 saturated carbocycles. The van der Waals surface area contributed by atoms with Crippen LogP contribution in [0.4, 0.5) is 5.69 Å². The molecular formula is C21H26N4O3. The molecule has 3 atom stereocenters. The van der Waals surface area contributed by atoms with Crippen LogP contribution in [-0.4, -0.2) is 47.0 Å². The third-order valence-corrected chi connectivity index (χ3v) is 4.71. The van der Waals surface area contributed by atoms with Crippen LogP contribution in [0.2, 0.25) is 0 Å². The fourth-order valence-electron chi connectivity index (χ4n) is 3.34. The second kappa shape index (κ2) is 8.95. The summed E-state index contributed by atoms with van der Waals surface area (Å²) >= 11 is 0. The number of hydrogen-bond acceptors (Lipinski definition) is 5. The second-order valence-corrected chi connectivity index (χ2v) is 7.18. The molecule has 2 amide bonds. The first-order valence-electron chi connectivity index (χ1n) is 9.42. The minimum atomic E-state index is -0.418. The van der Waals surface area contributed by atoms with Crippen molar-refractivity contribution >= 4 is 17.5 Å². The van der Waals surface area contributed by atoms with Crippen LogP contribution in [0.15, 0.2) is 48.8 Å². The fourth-order valence-corrected chi connectivity index (χ4v) is 3.34. The Balaban J connectivity index is 1.58. The van der Waals surface area contributed by atoms with Gasteiger partial charge in [-0.25, -0.2) is 0 Å². The van der Waals surface area contributed by atoms with Gasteiger partial charge in [0.15, 0.2) is 0 Å². The van der Waals surface area contributed by atoms with Crippen molar-refractivity contribution in [2.24, 2.45) is 5.73 Å². The number of carbonyl (C=O) groups excluding carboxylic acids is 2. The number of nitrogens with one attached hydrogen (secondary N) is 1. The summed E-state index contributed by atoms with van der Waals surface area (Å²) < 4.78 is 5.67. The number of nitrogens with two attached hydrogens (primary N) is 1. The van der Waals surface area contributed by atoms with Crippen molar-refractivity contribution in [3.63, 3.8) is 0 Å². The molecule has 1 aliphatic heterocycles. The molecule has 0 bridgehead atoms. The van der Waals surface area contributed by atoms with E-state index >= 15 is 0 Å². The minimum Gasteiger partial charge on any atom is -0.372 e. The number of carbonyl (C=O) groups is 2. The van der Waals surface area contributed by atoms with Gasteiger partial charge in [-0.1, -0.05) is 12.1 Å². The van der Waals surface area contributed by atoms with Crippen molar-refractivity contribution in [3.05, 3.63) is 59.9 Å². The standard InChI is InChI=1S/C21H26N4O3/c1-14-12-25(13-15(2)28-14)20(26)11-19(22)16-3-5-17(6-4-16)21(27)24-18-7-9-23-10-8-18/h3-10,14-15,19H,11-13,22H2,1-2H3,(H,23,24,27). The number of nitrogens with zero attached hydrogens (tertiary/aromatic N) is 2. The Bertz CT molecular complexity index is 800. The lowest BCUT2D eigenvalue weighted by atomic mass is 10.0. The molecule has 3 unspecified atom stereocenters. The number of amides is 2. The van der Waals surface area contributed by atoms with Crippen LogP contribution in [-0.2, 0) is 9.53 Å². The van der Waals surface area contributed by atoms with E-state index in [1.165, 1.54) is 0 Å². The number of ether oxygens (including phenoxy) is 1. The number of anilines is 1. The zero-order chi connectivity index (χ0) is 20.1. The molecule has 3 rings (SSSR count). The first kappa shape index (κ1) is 20.0. The third kappa shape index (κ3) is 5.15. The first-order valence-corrected chi connectivity index (χ1v) is 9.42. The largest absolute Gasteiger partial charge is 0.372 e. The third-order valence-electron chi connectivity index (χ3n) is 4.71. The molecule has 1 aliphatic rings. The van der Waals surface area contributed by atoms with Gasteiger partial charge in [-0.15, -0.1) is 0 Å². The number of hydrogen-bond donors (Lipinski definition) is 2. The summed E-state index contributed by atoms with van der Waals surface area (Å²) in [5.74, 6) is -0.187. The molecule has 0 spiro atoms. The summed E-state index contributed by atoms with van der Waals surface area (Å²) in [5.41, 5.74) is 8.26. The van der Waals surface area contributed by atoms with Crippen molar-refractivity contribution in [1.82, 2.24) is 9.88 Å². The van der Waals surface area contributed by atoms with E-state index in [4.69, 9.17) is 10.5 Å². The summed E-state index contributed by atoms with van der Waals surface area (Å²) in [4.78, 5) is 30.6. The quantitative estimate of drug-likeness (QED) is 0.827. The molecule has 28 heavy (non-hydrogen) atoms. The summed E-state index contributed by atoms with van der Waals surface area (Å²) in [5, 5.41) is 2.81. The summed E-state index contributed by atoms with van der Waals surface area (Å²) in [7, 11) is 0. The monoisotopic (exact) mass is 382 g/mol. The van der Waals surface area contributed by atoms with Crippen LogP contribution < -0.4 is 11.1 Å². The van der Waals surface area contributed by atoms with Gasteiger partial charge in [0.05, 0.1) is 12.2 Å². The second-order valence-electron chi connectivity index (χ2n) is 7.18. The van der Waals surface area contributed by atoms with E-state index in [9.17, 15) is 9.59 Å². The Kier molecular flexibility index (Phi) is 6.38. The number of benzene rings is 1. The molecule has 0 aliphatic carbocycles. The van der Waals surface area contributed by atoms with Crippen LogP contribution in [0.3, 0.4) is 0 Å². The molecule has 7 nitrogen and oxygen atoms in total. The van der Waals surface area contributed by atoms with Gasteiger partial charge in [-0.3, -0.25) is 14.6 Å². The summed E-state index contributed by atoms with van der Waals surface area (Å²) in [6, 6.07) is 10.1. The fraction of sp³-hybridized carbons (Fsp3) is 0.381. The maximum absolute atomic E-state index is 12.6. The van der Waals surface area contributed by atoms with Crippen molar-refractivity contribution in [1.29, 1.82) is 0 Å². The van der Waals surface area contributed by atoms with Gasteiger partial charge < -0.3 is 20.7 Å². The summed E-state index contributed by atoms with van der Waals surface area (Å²) in [6.45, 7) is 5.10. The molecule has 1 saturated heterocycles. The zero-order valence-electron chi connectivity index (χ0n) is 16.2. The molecule has 2 aromatic rings. The lowest BCUT2D eigenvalue weighted by molar-refractivity contribution is -0.143. The van der Waals surface area contributed by atoms with Crippen LogP contribution in [0.25, 0.3) is 0 Å². The Labute approximate surface area is 164 Å². The van der Waals surface area contributed by atoms with Crippen LogP contribution in [0.1, 0.15) is 42.2 Å². The molecule has 1 fully saturated rings. The average molecular weight is 382 g/mol. The van der Waals surface area contributed by atoms with E-state index in [-0.39, 0.29) is 30.4 Å². The van der Waals surface area contributed by atoms with E-state index in [1.54, 1.807) is 48.8 Å². The highest BCUT2D eigenvalue weighted by Crippen LogP contribution is 2.19. The zero-order valence-corrected chi connectivity index (χ0v) is 16.2. The molecule has 1 aromatic heterocycles. The highest BCUT2D eigenvalue weighted by atomic mass is 16.5. The Morgan fingerprint density at radius 3 is 2.36 bits per heavy atom. The van der Waals surface area contributed by atoms with Crippen molar-refractivity contribution in [3.8, 4) is 0 Å². The highest BCUT2D eigenvalue weighted by Gasteiger charge is 2.27. The lowest BCUT2D eigenvalue weighted by Gasteiger charge is -2.35. The van der Waals surface area contributed by atoms with E-state index < -0.39 is 6.04 Å². The number of aromatic nitrogens is 1. The Morgan fingerprint density at radius 1 is 1.14 bits per heavy atom. The first-order chi connectivity index (χ1) is 13.4. The number of rotatable bonds is 5.